The summed E-state index contributed by atoms with van der Waals surface area (Å²) in [6, 6.07) is 0. The van der Waals surface area contributed by atoms with Gasteiger partial charge in [0, 0.05) is 25.3 Å². The fourth-order valence-electron chi connectivity index (χ4n) is 1.12. The van der Waals surface area contributed by atoms with Gasteiger partial charge in [0.1, 0.15) is 0 Å². The first-order valence-electron chi connectivity index (χ1n) is 6.42. The maximum absolute atomic E-state index is 11.5. The molecule has 0 heterocycles. The van der Waals surface area contributed by atoms with Gasteiger partial charge in [0.2, 0.25) is 5.91 Å². The summed E-state index contributed by atoms with van der Waals surface area (Å²) < 4.78 is 0. The van der Waals surface area contributed by atoms with Crippen LogP contribution >= 0.6 is 11.8 Å². The van der Waals surface area contributed by atoms with Gasteiger partial charge in [-0.05, 0) is 19.1 Å². The number of hydrogen-bond acceptors (Lipinski definition) is 2. The summed E-state index contributed by atoms with van der Waals surface area (Å²) in [6.45, 7) is 14.3. The van der Waals surface area contributed by atoms with Crippen LogP contribution in [0.1, 0.15) is 54.4 Å². The van der Waals surface area contributed by atoms with Gasteiger partial charge in [-0.1, -0.05) is 34.1 Å². The number of hydrogen-bond donors (Lipinski definition) is 0. The minimum absolute atomic E-state index is 0.290. The average molecular weight is 247 g/mol. The molecule has 98 valence electrons. The van der Waals surface area contributed by atoms with E-state index in [1.54, 1.807) is 0 Å². The van der Waals surface area contributed by atoms with E-state index in [2.05, 4.69) is 27.7 Å². The summed E-state index contributed by atoms with van der Waals surface area (Å²) in [6.07, 6.45) is 1.94. The van der Waals surface area contributed by atoms with Crippen molar-refractivity contribution in [2.45, 2.75) is 59.6 Å². The zero-order valence-electron chi connectivity index (χ0n) is 11.9. The lowest BCUT2D eigenvalue weighted by molar-refractivity contribution is -0.130. The molecule has 0 unspecified atom stereocenters. The molecule has 0 radical (unpaired) electrons. The first-order chi connectivity index (χ1) is 7.53. The van der Waals surface area contributed by atoms with Gasteiger partial charge in [-0.3, -0.25) is 4.79 Å². The summed E-state index contributed by atoms with van der Waals surface area (Å²) in [4.78, 5) is 13.4. The van der Waals surface area contributed by atoms with E-state index in [9.17, 15) is 4.79 Å². The van der Waals surface area contributed by atoms with Crippen LogP contribution in [0.25, 0.3) is 0 Å². The highest BCUT2D eigenvalue weighted by molar-refractivity contribution is 7.99. The Morgan fingerprint density at radius 1 is 1.12 bits per heavy atom. The molecule has 0 atom stereocenters. The maximum atomic E-state index is 11.5. The van der Waals surface area contributed by atoms with Crippen molar-refractivity contribution in [1.82, 2.24) is 4.90 Å². The van der Waals surface area contributed by atoms with Crippen LogP contribution in [0.3, 0.4) is 0 Å². The Morgan fingerprint density at radius 3 is 1.88 bits per heavy atom. The molecule has 0 bridgehead atoms. The second-order valence-corrected chi connectivity index (χ2v) is 5.63. The SMILES string of the molecule is CCC.CCN(CC)C(=O)CCSC(C)C. The second kappa shape index (κ2) is 12.9. The van der Waals surface area contributed by atoms with Crippen molar-refractivity contribution >= 4 is 17.7 Å². The molecule has 0 rings (SSSR count). The molecule has 0 saturated heterocycles. The molecule has 0 spiro atoms. The highest BCUT2D eigenvalue weighted by Gasteiger charge is 2.08. The van der Waals surface area contributed by atoms with Gasteiger partial charge in [0.25, 0.3) is 0 Å². The minimum Gasteiger partial charge on any atom is -0.343 e. The largest absolute Gasteiger partial charge is 0.343 e. The maximum Gasteiger partial charge on any atom is 0.223 e. The first kappa shape index (κ1) is 18.2. The van der Waals surface area contributed by atoms with Gasteiger partial charge in [0.15, 0.2) is 0 Å². The van der Waals surface area contributed by atoms with Gasteiger partial charge in [-0.15, -0.1) is 0 Å². The molecule has 0 fully saturated rings. The van der Waals surface area contributed by atoms with E-state index in [1.165, 1.54) is 6.42 Å². The van der Waals surface area contributed by atoms with Gasteiger partial charge in [-0.25, -0.2) is 0 Å². The lowest BCUT2D eigenvalue weighted by Gasteiger charge is -2.18. The summed E-state index contributed by atoms with van der Waals surface area (Å²) in [5.41, 5.74) is 0. The summed E-state index contributed by atoms with van der Waals surface area (Å²) in [5.74, 6) is 1.24. The van der Waals surface area contributed by atoms with Gasteiger partial charge < -0.3 is 4.90 Å². The van der Waals surface area contributed by atoms with Crippen LogP contribution in [0, 0.1) is 0 Å². The molecule has 0 aromatic heterocycles. The summed E-state index contributed by atoms with van der Waals surface area (Å²) >= 11 is 1.85. The topological polar surface area (TPSA) is 20.3 Å². The van der Waals surface area contributed by atoms with Crippen molar-refractivity contribution in [2.75, 3.05) is 18.8 Å². The van der Waals surface area contributed by atoms with Crippen LogP contribution in [0.4, 0.5) is 0 Å². The van der Waals surface area contributed by atoms with Crippen molar-refractivity contribution in [1.29, 1.82) is 0 Å². The lowest BCUT2D eigenvalue weighted by atomic mass is 10.4. The molecule has 1 amide bonds. The Balaban J connectivity index is 0. The number of rotatable bonds is 6. The van der Waals surface area contributed by atoms with Gasteiger partial charge in [-0.2, -0.15) is 11.8 Å². The Bertz CT molecular complexity index is 156. The quantitative estimate of drug-likeness (QED) is 0.711. The molecule has 0 aromatic carbocycles. The third-order valence-corrected chi connectivity index (χ3v) is 2.99. The number of amides is 1. The minimum atomic E-state index is 0.290. The molecule has 3 heteroatoms. The number of nitrogens with zero attached hydrogens (tertiary/aromatic N) is 1. The van der Waals surface area contributed by atoms with Crippen molar-refractivity contribution < 1.29 is 4.79 Å². The van der Waals surface area contributed by atoms with Crippen LogP contribution in [0.15, 0.2) is 0 Å². The number of carbonyl (C=O) groups excluding carboxylic acids is 1. The van der Waals surface area contributed by atoms with Gasteiger partial charge >= 0.3 is 0 Å². The third-order valence-electron chi connectivity index (χ3n) is 1.88. The summed E-state index contributed by atoms with van der Waals surface area (Å²) in [5, 5.41) is 0.629. The molecular weight excluding hydrogens is 218 g/mol. The molecule has 0 aliphatic rings. The zero-order valence-corrected chi connectivity index (χ0v) is 12.7. The van der Waals surface area contributed by atoms with E-state index in [0.29, 0.717) is 11.7 Å². The van der Waals surface area contributed by atoms with Crippen LogP contribution < -0.4 is 0 Å². The first-order valence-corrected chi connectivity index (χ1v) is 7.47. The fraction of sp³-hybridized carbons (Fsp3) is 0.923. The molecule has 0 saturated carbocycles. The second-order valence-electron chi connectivity index (χ2n) is 3.94. The van der Waals surface area contributed by atoms with Crippen molar-refractivity contribution in [3.8, 4) is 0 Å². The van der Waals surface area contributed by atoms with Crippen LogP contribution in [0.2, 0.25) is 0 Å². The molecule has 0 aliphatic heterocycles. The highest BCUT2D eigenvalue weighted by Crippen LogP contribution is 2.10. The highest BCUT2D eigenvalue weighted by atomic mass is 32.2. The van der Waals surface area contributed by atoms with Crippen LogP contribution in [0.5, 0.6) is 0 Å². The summed E-state index contributed by atoms with van der Waals surface area (Å²) in [7, 11) is 0. The lowest BCUT2D eigenvalue weighted by Crippen LogP contribution is -2.30. The fourth-order valence-corrected chi connectivity index (χ4v) is 1.88. The van der Waals surface area contributed by atoms with Crippen molar-refractivity contribution in [3.63, 3.8) is 0 Å². The normalized spacial score (nSPS) is 9.69. The van der Waals surface area contributed by atoms with Crippen LogP contribution in [-0.4, -0.2) is 34.9 Å². The number of carbonyl (C=O) groups is 1. The van der Waals surface area contributed by atoms with Crippen molar-refractivity contribution in [3.05, 3.63) is 0 Å². The van der Waals surface area contributed by atoms with E-state index >= 15 is 0 Å². The smallest absolute Gasteiger partial charge is 0.223 e. The predicted molar refractivity (Wildman–Crippen MR) is 76.1 cm³/mol. The van der Waals surface area contributed by atoms with Gasteiger partial charge in [0.05, 0.1) is 0 Å². The Morgan fingerprint density at radius 2 is 1.56 bits per heavy atom. The van der Waals surface area contributed by atoms with E-state index in [0.717, 1.165) is 18.8 Å². The average Bonchev–Trinajstić information content (AvgIpc) is 2.20. The Hall–Kier alpha value is -0.180. The molecule has 16 heavy (non-hydrogen) atoms. The van der Waals surface area contributed by atoms with E-state index in [4.69, 9.17) is 0 Å². The Labute approximate surface area is 106 Å². The van der Waals surface area contributed by atoms with E-state index < -0.39 is 0 Å². The Kier molecular flexibility index (Phi) is 14.7. The molecule has 2 nitrogen and oxygen atoms in total. The standard InChI is InChI=1S/C10H21NOS.C3H8/c1-5-11(6-2)10(12)7-8-13-9(3)4;1-3-2/h9H,5-8H2,1-4H3;3H2,1-2H3. The van der Waals surface area contributed by atoms with E-state index in [1.807, 2.05) is 30.5 Å². The third kappa shape index (κ3) is 11.9. The van der Waals surface area contributed by atoms with E-state index in [-0.39, 0.29) is 5.91 Å². The number of thioether (sulfide) groups is 1. The molecule has 0 aromatic rings. The molecule has 0 N–H and O–H groups in total. The predicted octanol–water partition coefficient (Wildman–Crippen LogP) is 3.80. The molecular formula is C13H29NOS. The zero-order chi connectivity index (χ0) is 13.0. The van der Waals surface area contributed by atoms with Crippen LogP contribution in [-0.2, 0) is 4.79 Å². The van der Waals surface area contributed by atoms with Crippen molar-refractivity contribution in [2.24, 2.45) is 0 Å². The monoisotopic (exact) mass is 247 g/mol. The molecule has 0 aliphatic carbocycles.